The van der Waals surface area contributed by atoms with Gasteiger partial charge in [-0.1, -0.05) is 6.92 Å². The summed E-state index contributed by atoms with van der Waals surface area (Å²) in [6.07, 6.45) is 3.96. The molecule has 2 unspecified atom stereocenters. The number of nitrogens with one attached hydrogen (secondary N) is 1. The van der Waals surface area contributed by atoms with Crippen molar-refractivity contribution in [2.75, 3.05) is 26.2 Å². The summed E-state index contributed by atoms with van der Waals surface area (Å²) < 4.78 is 0. The number of carbonyl (C=O) groups is 1. The molecule has 1 saturated heterocycles. The Kier molecular flexibility index (Phi) is 6.52. The smallest absolute Gasteiger partial charge is 0.220 e. The van der Waals surface area contributed by atoms with Crippen LogP contribution in [0.4, 0.5) is 0 Å². The van der Waals surface area contributed by atoms with Gasteiger partial charge in [-0.25, -0.2) is 0 Å². The maximum absolute atomic E-state index is 11.5. The van der Waals surface area contributed by atoms with Crippen LogP contribution in [0, 0.1) is 5.92 Å². The third-order valence-corrected chi connectivity index (χ3v) is 3.32. The zero-order valence-corrected chi connectivity index (χ0v) is 11.2. The highest BCUT2D eigenvalue weighted by Gasteiger charge is 2.15. The molecule has 0 aromatic heterocycles. The molecule has 0 aliphatic carbocycles. The Morgan fingerprint density at radius 1 is 1.59 bits per heavy atom. The third-order valence-electron chi connectivity index (χ3n) is 3.32. The summed E-state index contributed by atoms with van der Waals surface area (Å²) in [7, 11) is 0. The predicted octanol–water partition coefficient (Wildman–Crippen LogP) is 0.962. The van der Waals surface area contributed by atoms with E-state index < -0.39 is 0 Å². The molecule has 4 heteroatoms. The number of hydrogen-bond acceptors (Lipinski definition) is 3. The van der Waals surface area contributed by atoms with E-state index in [1.165, 1.54) is 25.9 Å². The van der Waals surface area contributed by atoms with Crippen LogP contribution in [0.1, 0.15) is 39.5 Å². The van der Waals surface area contributed by atoms with E-state index in [2.05, 4.69) is 17.1 Å². The van der Waals surface area contributed by atoms with Crippen molar-refractivity contribution in [2.24, 2.45) is 11.7 Å². The standard InChI is InChI=1S/C13H27N3O/c1-11-4-3-8-16(10-11)9-7-15-13(17)6-5-12(2)14/h11-12H,3-10,14H2,1-2H3,(H,15,17). The van der Waals surface area contributed by atoms with Crippen molar-refractivity contribution in [3.8, 4) is 0 Å². The summed E-state index contributed by atoms with van der Waals surface area (Å²) in [4.78, 5) is 13.9. The molecule has 0 bridgehead atoms. The van der Waals surface area contributed by atoms with Crippen molar-refractivity contribution in [2.45, 2.75) is 45.6 Å². The van der Waals surface area contributed by atoms with E-state index in [9.17, 15) is 4.79 Å². The summed E-state index contributed by atoms with van der Waals surface area (Å²) in [6, 6.07) is 0.115. The maximum Gasteiger partial charge on any atom is 0.220 e. The quantitative estimate of drug-likeness (QED) is 0.728. The summed E-state index contributed by atoms with van der Waals surface area (Å²) in [5.41, 5.74) is 5.61. The Balaban J connectivity index is 2.04. The van der Waals surface area contributed by atoms with E-state index in [4.69, 9.17) is 5.73 Å². The van der Waals surface area contributed by atoms with Crippen LogP contribution in [0.2, 0.25) is 0 Å². The van der Waals surface area contributed by atoms with Gasteiger partial charge in [-0.3, -0.25) is 4.79 Å². The van der Waals surface area contributed by atoms with Crippen LogP contribution in [-0.2, 0) is 4.79 Å². The van der Waals surface area contributed by atoms with E-state index in [0.29, 0.717) is 6.42 Å². The second kappa shape index (κ2) is 7.67. The van der Waals surface area contributed by atoms with Gasteiger partial charge in [0.1, 0.15) is 0 Å². The molecular weight excluding hydrogens is 214 g/mol. The third kappa shape index (κ3) is 6.64. The number of likely N-dealkylation sites (tertiary alicyclic amines) is 1. The second-order valence-corrected chi connectivity index (χ2v) is 5.41. The van der Waals surface area contributed by atoms with E-state index >= 15 is 0 Å². The fourth-order valence-electron chi connectivity index (χ4n) is 2.29. The fourth-order valence-corrected chi connectivity index (χ4v) is 2.29. The van der Waals surface area contributed by atoms with E-state index in [1.807, 2.05) is 6.92 Å². The molecular formula is C13H27N3O. The Hall–Kier alpha value is -0.610. The number of nitrogens with zero attached hydrogens (tertiary/aromatic N) is 1. The zero-order valence-electron chi connectivity index (χ0n) is 11.2. The van der Waals surface area contributed by atoms with Gasteiger partial charge in [-0.15, -0.1) is 0 Å². The van der Waals surface area contributed by atoms with Crippen molar-refractivity contribution in [1.29, 1.82) is 0 Å². The topological polar surface area (TPSA) is 58.4 Å². The van der Waals surface area contributed by atoms with Gasteiger partial charge in [-0.2, -0.15) is 0 Å². The molecule has 0 aromatic rings. The second-order valence-electron chi connectivity index (χ2n) is 5.41. The summed E-state index contributed by atoms with van der Waals surface area (Å²) >= 11 is 0. The minimum atomic E-state index is 0.115. The maximum atomic E-state index is 11.5. The lowest BCUT2D eigenvalue weighted by atomic mass is 10.0. The summed E-state index contributed by atoms with van der Waals surface area (Å²) in [5.74, 6) is 0.935. The SMILES string of the molecule is CC(N)CCC(=O)NCCN1CCCC(C)C1. The van der Waals surface area contributed by atoms with Gasteiger partial charge >= 0.3 is 0 Å². The molecule has 1 rings (SSSR count). The van der Waals surface area contributed by atoms with Crippen LogP contribution in [0.15, 0.2) is 0 Å². The highest BCUT2D eigenvalue weighted by molar-refractivity contribution is 5.75. The Labute approximate surface area is 105 Å². The molecule has 1 fully saturated rings. The predicted molar refractivity (Wildman–Crippen MR) is 70.7 cm³/mol. The number of amides is 1. The molecule has 100 valence electrons. The highest BCUT2D eigenvalue weighted by atomic mass is 16.1. The van der Waals surface area contributed by atoms with Crippen molar-refractivity contribution in [3.05, 3.63) is 0 Å². The molecule has 0 radical (unpaired) electrons. The lowest BCUT2D eigenvalue weighted by Crippen LogP contribution is -2.40. The molecule has 0 spiro atoms. The van der Waals surface area contributed by atoms with Gasteiger partial charge in [-0.05, 0) is 38.6 Å². The molecule has 1 aliphatic rings. The van der Waals surface area contributed by atoms with E-state index in [1.54, 1.807) is 0 Å². The zero-order chi connectivity index (χ0) is 12.7. The first kappa shape index (κ1) is 14.5. The molecule has 2 atom stereocenters. The summed E-state index contributed by atoms with van der Waals surface area (Å²) in [6.45, 7) is 8.34. The van der Waals surface area contributed by atoms with Crippen LogP contribution in [0.3, 0.4) is 0 Å². The molecule has 17 heavy (non-hydrogen) atoms. The van der Waals surface area contributed by atoms with Gasteiger partial charge in [0, 0.05) is 32.1 Å². The van der Waals surface area contributed by atoms with Crippen molar-refractivity contribution >= 4 is 5.91 Å². The minimum absolute atomic E-state index is 0.115. The first-order chi connectivity index (χ1) is 8.08. The average molecular weight is 241 g/mol. The van der Waals surface area contributed by atoms with Crippen LogP contribution in [0.25, 0.3) is 0 Å². The van der Waals surface area contributed by atoms with Gasteiger partial charge in [0.2, 0.25) is 5.91 Å². The normalized spacial score (nSPS) is 23.4. The lowest BCUT2D eigenvalue weighted by molar-refractivity contribution is -0.121. The molecule has 1 aliphatic heterocycles. The Morgan fingerprint density at radius 3 is 3.00 bits per heavy atom. The first-order valence-electron chi connectivity index (χ1n) is 6.82. The van der Waals surface area contributed by atoms with Crippen LogP contribution >= 0.6 is 0 Å². The molecule has 1 heterocycles. The summed E-state index contributed by atoms with van der Waals surface area (Å²) in [5, 5.41) is 2.96. The van der Waals surface area contributed by atoms with Crippen LogP contribution in [0.5, 0.6) is 0 Å². The highest BCUT2D eigenvalue weighted by Crippen LogP contribution is 2.14. The van der Waals surface area contributed by atoms with Crippen LogP contribution < -0.4 is 11.1 Å². The van der Waals surface area contributed by atoms with Gasteiger partial charge in [0.25, 0.3) is 0 Å². The number of nitrogens with two attached hydrogens (primary N) is 1. The molecule has 3 N–H and O–H groups in total. The number of hydrogen-bond donors (Lipinski definition) is 2. The molecule has 4 nitrogen and oxygen atoms in total. The largest absolute Gasteiger partial charge is 0.355 e. The molecule has 1 amide bonds. The average Bonchev–Trinajstić information content (AvgIpc) is 2.26. The lowest BCUT2D eigenvalue weighted by Gasteiger charge is -2.30. The van der Waals surface area contributed by atoms with Gasteiger partial charge < -0.3 is 16.0 Å². The van der Waals surface area contributed by atoms with Gasteiger partial charge in [0.15, 0.2) is 0 Å². The van der Waals surface area contributed by atoms with Gasteiger partial charge in [0.05, 0.1) is 0 Å². The number of rotatable bonds is 6. The molecule has 0 saturated carbocycles. The van der Waals surface area contributed by atoms with E-state index in [0.717, 1.165) is 25.4 Å². The Morgan fingerprint density at radius 2 is 2.35 bits per heavy atom. The van der Waals surface area contributed by atoms with Crippen molar-refractivity contribution in [1.82, 2.24) is 10.2 Å². The van der Waals surface area contributed by atoms with Crippen LogP contribution in [-0.4, -0.2) is 43.0 Å². The molecule has 0 aromatic carbocycles. The minimum Gasteiger partial charge on any atom is -0.355 e. The fraction of sp³-hybridized carbons (Fsp3) is 0.923. The first-order valence-corrected chi connectivity index (χ1v) is 6.82. The number of piperidine rings is 1. The number of carbonyl (C=O) groups excluding carboxylic acids is 1. The Bertz CT molecular complexity index is 231. The van der Waals surface area contributed by atoms with Crippen molar-refractivity contribution < 1.29 is 4.79 Å². The van der Waals surface area contributed by atoms with Crippen molar-refractivity contribution in [3.63, 3.8) is 0 Å². The monoisotopic (exact) mass is 241 g/mol. The van der Waals surface area contributed by atoms with E-state index in [-0.39, 0.29) is 11.9 Å².